The van der Waals surface area contributed by atoms with Crippen molar-refractivity contribution < 1.29 is 59.7 Å². The number of morpholine rings is 1. The molecule has 2 saturated heterocycles. The van der Waals surface area contributed by atoms with E-state index < -0.39 is 97.8 Å². The van der Waals surface area contributed by atoms with Gasteiger partial charge in [-0.1, -0.05) is 38.8 Å². The molecule has 5 heterocycles. The molecule has 0 spiro atoms. The number of alkyl carbamates (subject to hydrolysis) is 1. The SMILES string of the molecule is COc1ccc2nc(C(F)(F)F)c3c(c2c1)C(N1CCOCC1)C1CN2C(=O)C(NC(=O)OCC(C)C)CCCCCC=CC4CC4(C(=O)NS(=O)(=O)C4(C)CC4)NC(=O)C2CC1O3. The summed E-state index contributed by atoms with van der Waals surface area (Å²) in [6.45, 7) is 6.40. The van der Waals surface area contributed by atoms with Gasteiger partial charge < -0.3 is 34.5 Å². The molecule has 1 aromatic heterocycles. The number of carbonyl (C=O) groups excluding carboxylic acids is 4. The lowest BCUT2D eigenvalue weighted by Crippen LogP contribution is -2.66. The topological polar surface area (TPSA) is 195 Å². The van der Waals surface area contributed by atoms with Crippen molar-refractivity contribution in [2.45, 2.75) is 119 Å². The van der Waals surface area contributed by atoms with Crippen LogP contribution in [0.15, 0.2) is 30.4 Å². The van der Waals surface area contributed by atoms with Gasteiger partial charge in [0.1, 0.15) is 29.5 Å². The third-order valence-corrected chi connectivity index (χ3v) is 15.8. The van der Waals surface area contributed by atoms with Gasteiger partial charge in [-0.05, 0) is 69.6 Å². The van der Waals surface area contributed by atoms with Crippen molar-refractivity contribution in [1.29, 1.82) is 0 Å². The highest BCUT2D eigenvalue weighted by atomic mass is 32.2. The van der Waals surface area contributed by atoms with E-state index in [1.165, 1.54) is 31.1 Å². The molecule has 2 aliphatic carbocycles. The van der Waals surface area contributed by atoms with Gasteiger partial charge in [0.15, 0.2) is 11.4 Å². The number of aromatic nitrogens is 1. The highest BCUT2D eigenvalue weighted by molar-refractivity contribution is 7.91. The third-order valence-electron chi connectivity index (χ3n) is 13.6. The molecule has 3 N–H and O–H groups in total. The number of sulfonamides is 1. The molecule has 4 fully saturated rings. The van der Waals surface area contributed by atoms with Crippen LogP contribution < -0.4 is 24.8 Å². The zero-order chi connectivity index (χ0) is 45.8. The molecule has 7 atom stereocenters. The predicted octanol–water partition coefficient (Wildman–Crippen LogP) is 4.76. The van der Waals surface area contributed by atoms with Gasteiger partial charge in [0.05, 0.1) is 37.2 Å². The van der Waals surface area contributed by atoms with Crippen LogP contribution in [0.2, 0.25) is 0 Å². The molecule has 1 aromatic carbocycles. The van der Waals surface area contributed by atoms with E-state index in [1.54, 1.807) is 12.1 Å². The second kappa shape index (κ2) is 17.6. The van der Waals surface area contributed by atoms with Gasteiger partial charge in [0.25, 0.3) is 5.91 Å². The summed E-state index contributed by atoms with van der Waals surface area (Å²) in [6.07, 6.45) is 0.00858. The fourth-order valence-electron chi connectivity index (χ4n) is 9.58. The number of nitrogens with zero attached hydrogens (tertiary/aromatic N) is 3. The Hall–Kier alpha value is -4.69. The number of piperidine rings is 1. The second-order valence-electron chi connectivity index (χ2n) is 18.7. The first-order valence-electron chi connectivity index (χ1n) is 22.2. The lowest BCUT2D eigenvalue weighted by atomic mass is 9.76. The predicted molar refractivity (Wildman–Crippen MR) is 225 cm³/mol. The number of halogens is 3. The summed E-state index contributed by atoms with van der Waals surface area (Å²) < 4.78 is 96.3. The highest BCUT2D eigenvalue weighted by Crippen LogP contribution is 2.53. The summed E-state index contributed by atoms with van der Waals surface area (Å²) in [4.78, 5) is 65.0. The minimum absolute atomic E-state index is 0.00263. The van der Waals surface area contributed by atoms with Crippen molar-refractivity contribution in [2.24, 2.45) is 17.8 Å². The van der Waals surface area contributed by atoms with Crippen molar-refractivity contribution >= 4 is 44.7 Å². The number of carbonyl (C=O) groups is 4. The molecular formula is C44H57F3N6O10S. The van der Waals surface area contributed by atoms with E-state index in [4.69, 9.17) is 18.9 Å². The molecule has 2 aromatic rings. The van der Waals surface area contributed by atoms with E-state index in [2.05, 4.69) is 20.3 Å². The Bertz CT molecular complexity index is 2300. The van der Waals surface area contributed by atoms with Crippen molar-refractivity contribution in [2.75, 3.05) is 46.6 Å². The summed E-state index contributed by atoms with van der Waals surface area (Å²) in [5, 5.41) is 5.95. The number of rotatable bonds is 8. The number of pyridine rings is 1. The molecule has 2 saturated carbocycles. The van der Waals surface area contributed by atoms with Gasteiger partial charge in [0, 0.05) is 54.9 Å². The molecule has 7 unspecified atom stereocenters. The lowest BCUT2D eigenvalue weighted by molar-refractivity contribution is -0.155. The number of amides is 4. The van der Waals surface area contributed by atoms with Gasteiger partial charge in [-0.15, -0.1) is 0 Å². The smallest absolute Gasteiger partial charge is 0.437 e. The Kier molecular flexibility index (Phi) is 12.6. The first kappa shape index (κ1) is 45.9. The van der Waals surface area contributed by atoms with Crippen molar-refractivity contribution in [3.8, 4) is 11.5 Å². The number of hydrogen-bond donors (Lipinski definition) is 3. The number of hydrogen-bond acceptors (Lipinski definition) is 12. The Morgan fingerprint density at radius 2 is 1.86 bits per heavy atom. The summed E-state index contributed by atoms with van der Waals surface area (Å²) >= 11 is 0. The molecule has 16 nitrogen and oxygen atoms in total. The first-order valence-corrected chi connectivity index (χ1v) is 23.7. The number of fused-ring (bicyclic) bond motifs is 6. The molecule has 350 valence electrons. The van der Waals surface area contributed by atoms with E-state index in [0.29, 0.717) is 62.8 Å². The maximum absolute atomic E-state index is 15.2. The average molecular weight is 919 g/mol. The van der Waals surface area contributed by atoms with E-state index >= 15 is 18.0 Å². The minimum Gasteiger partial charge on any atom is -0.497 e. The molecule has 6 aliphatic rings. The molecular weight excluding hydrogens is 862 g/mol. The number of benzene rings is 1. The Morgan fingerprint density at radius 1 is 1.11 bits per heavy atom. The average Bonchev–Trinajstić information content (AvgIpc) is 4.18. The van der Waals surface area contributed by atoms with Crippen molar-refractivity contribution in [3.05, 3.63) is 41.6 Å². The fraction of sp³-hybridized carbons (Fsp3) is 0.659. The lowest BCUT2D eigenvalue weighted by Gasteiger charge is -2.52. The Labute approximate surface area is 370 Å². The summed E-state index contributed by atoms with van der Waals surface area (Å²) in [5.41, 5.74) is -2.66. The molecule has 0 bridgehead atoms. The largest absolute Gasteiger partial charge is 0.497 e. The van der Waals surface area contributed by atoms with E-state index in [9.17, 15) is 22.8 Å². The first-order chi connectivity index (χ1) is 30.4. The Balaban J connectivity index is 1.23. The minimum atomic E-state index is -4.95. The zero-order valence-electron chi connectivity index (χ0n) is 36.5. The number of ether oxygens (including phenoxy) is 4. The van der Waals surface area contributed by atoms with Gasteiger partial charge >= 0.3 is 12.3 Å². The molecule has 8 rings (SSSR count). The van der Waals surface area contributed by atoms with E-state index in [1.807, 2.05) is 24.8 Å². The molecule has 0 radical (unpaired) electrons. The van der Waals surface area contributed by atoms with Crippen molar-refractivity contribution in [3.63, 3.8) is 0 Å². The second-order valence-corrected chi connectivity index (χ2v) is 20.8. The van der Waals surface area contributed by atoms with E-state index in [0.717, 1.165) is 0 Å². The number of alkyl halides is 3. The quantitative estimate of drug-likeness (QED) is 0.308. The monoisotopic (exact) mass is 918 g/mol. The number of methoxy groups -OCH3 is 1. The Morgan fingerprint density at radius 3 is 2.55 bits per heavy atom. The summed E-state index contributed by atoms with van der Waals surface area (Å²) in [6, 6.07) is 1.19. The third kappa shape index (κ3) is 8.97. The van der Waals surface area contributed by atoms with Gasteiger partial charge in [-0.3, -0.25) is 24.0 Å². The molecule has 20 heteroatoms. The number of nitrogens with one attached hydrogen (secondary N) is 3. The normalized spacial score (nSPS) is 29.7. The maximum Gasteiger partial charge on any atom is 0.437 e. The van der Waals surface area contributed by atoms with Crippen LogP contribution in [0.4, 0.5) is 18.0 Å². The van der Waals surface area contributed by atoms with Crippen molar-refractivity contribution in [1.82, 2.24) is 30.1 Å². The molecule has 4 amide bonds. The number of allylic oxidation sites excluding steroid dienone is 1. The summed E-state index contributed by atoms with van der Waals surface area (Å²) in [7, 11) is -2.67. The van der Waals surface area contributed by atoms with Crippen LogP contribution in [0.3, 0.4) is 0 Å². The van der Waals surface area contributed by atoms with Crippen LogP contribution >= 0.6 is 0 Å². The standard InChI is InChI=1S/C44H57F3N6O10S/c1-25(2)24-62-41(57)49-31-11-9-7-5-6-8-10-26-22-43(26,40(56)51-64(58,59)42(3)14-15-42)50-38(54)32-21-33-29(23-53(32)39(31)55)35(52-16-18-61-19-17-52)34-28-20-27(60-4)12-13-30(28)48-37(36(34)63-33)44(45,46)47/h8,10,12-13,20,25-26,29,31-33,35H,5-7,9,11,14-19,21-24H2,1-4H3,(H,49,57)(H,50,54)(H,51,56). The van der Waals surface area contributed by atoms with Crippen LogP contribution in [-0.4, -0.2) is 122 Å². The van der Waals surface area contributed by atoms with Crippen LogP contribution in [0.1, 0.15) is 95.9 Å². The van der Waals surface area contributed by atoms with Gasteiger partial charge in [0.2, 0.25) is 21.8 Å². The van der Waals surface area contributed by atoms with Crippen LogP contribution in [0.5, 0.6) is 11.5 Å². The fourth-order valence-corrected chi connectivity index (χ4v) is 10.9. The maximum atomic E-state index is 15.2. The van der Waals surface area contributed by atoms with Crippen LogP contribution in [0, 0.1) is 17.8 Å². The highest BCUT2D eigenvalue weighted by Gasteiger charge is 2.63. The van der Waals surface area contributed by atoms with E-state index in [-0.39, 0.29) is 62.6 Å². The zero-order valence-corrected chi connectivity index (χ0v) is 37.3. The van der Waals surface area contributed by atoms with Crippen LogP contribution in [-0.2, 0) is 40.1 Å². The summed E-state index contributed by atoms with van der Waals surface area (Å²) in [5.74, 6) is -3.77. The molecule has 64 heavy (non-hydrogen) atoms. The van der Waals surface area contributed by atoms with Gasteiger partial charge in [-0.2, -0.15) is 13.2 Å². The van der Waals surface area contributed by atoms with Crippen LogP contribution in [0.25, 0.3) is 10.9 Å². The van der Waals surface area contributed by atoms with Gasteiger partial charge in [-0.25, -0.2) is 18.2 Å². The molecule has 4 aliphatic heterocycles.